The number of nitrogens with zero attached hydrogens (tertiary/aromatic N) is 2. The largest absolute Gasteiger partial charge is 0.363 e. The summed E-state index contributed by atoms with van der Waals surface area (Å²) in [6.07, 6.45) is 0. The van der Waals surface area contributed by atoms with E-state index in [0.717, 1.165) is 19.6 Å². The molecule has 0 amide bonds. The van der Waals surface area contributed by atoms with Crippen LogP contribution in [0.3, 0.4) is 0 Å². The second kappa shape index (κ2) is 5.47. The lowest BCUT2D eigenvalue weighted by atomic mass is 9.92. The summed E-state index contributed by atoms with van der Waals surface area (Å²) >= 11 is 0. The first kappa shape index (κ1) is 14.3. The Kier molecular flexibility index (Phi) is 4.11. The van der Waals surface area contributed by atoms with Crippen molar-refractivity contribution in [1.82, 2.24) is 4.90 Å². The number of hydrogen-bond donors (Lipinski definition) is 1. The third-order valence-corrected chi connectivity index (χ3v) is 3.69. The summed E-state index contributed by atoms with van der Waals surface area (Å²) in [6.45, 7) is 7.66. The normalized spacial score (nSPS) is 24.3. The van der Waals surface area contributed by atoms with Crippen LogP contribution < -0.4 is 10.6 Å². The summed E-state index contributed by atoms with van der Waals surface area (Å²) in [5.41, 5.74) is 6.69. The molecule has 1 aliphatic rings. The zero-order valence-electron chi connectivity index (χ0n) is 12.1. The fourth-order valence-electron chi connectivity index (χ4n) is 3.06. The molecule has 2 N–H and O–H groups in total. The fourth-order valence-corrected chi connectivity index (χ4v) is 3.06. The Bertz CT molecular complexity index is 433. The number of likely N-dealkylation sites (N-methyl/N-ethyl adjacent to an activating group) is 1. The van der Waals surface area contributed by atoms with Gasteiger partial charge in [-0.25, -0.2) is 4.39 Å². The van der Waals surface area contributed by atoms with E-state index in [1.165, 1.54) is 6.07 Å². The minimum atomic E-state index is -0.165. The molecule has 0 aliphatic carbocycles. The van der Waals surface area contributed by atoms with Crippen LogP contribution in [0.5, 0.6) is 0 Å². The Morgan fingerprint density at radius 2 is 2.00 bits per heavy atom. The Labute approximate surface area is 115 Å². The minimum Gasteiger partial charge on any atom is -0.363 e. The Morgan fingerprint density at radius 1 is 1.32 bits per heavy atom. The van der Waals surface area contributed by atoms with Gasteiger partial charge in [-0.1, -0.05) is 26.0 Å². The van der Waals surface area contributed by atoms with Gasteiger partial charge in [0.2, 0.25) is 0 Å². The zero-order valence-corrected chi connectivity index (χ0v) is 12.1. The van der Waals surface area contributed by atoms with Gasteiger partial charge in [0, 0.05) is 26.2 Å². The molecule has 106 valence electrons. The Hall–Kier alpha value is -1.13. The molecule has 3 nitrogen and oxygen atoms in total. The van der Waals surface area contributed by atoms with E-state index in [9.17, 15) is 4.39 Å². The predicted octanol–water partition coefficient (Wildman–Crippen LogP) is 1.93. The van der Waals surface area contributed by atoms with Crippen LogP contribution in [0.2, 0.25) is 0 Å². The highest BCUT2D eigenvalue weighted by Crippen LogP contribution is 2.29. The van der Waals surface area contributed by atoms with Gasteiger partial charge in [0.25, 0.3) is 0 Å². The molecule has 1 saturated heterocycles. The summed E-state index contributed by atoms with van der Waals surface area (Å²) in [5, 5.41) is 0. The number of rotatable bonds is 2. The van der Waals surface area contributed by atoms with Crippen LogP contribution in [0.25, 0.3) is 0 Å². The van der Waals surface area contributed by atoms with E-state index in [-0.39, 0.29) is 17.3 Å². The van der Waals surface area contributed by atoms with Gasteiger partial charge in [-0.3, -0.25) is 0 Å². The van der Waals surface area contributed by atoms with Gasteiger partial charge in [0.1, 0.15) is 5.82 Å². The highest BCUT2D eigenvalue weighted by molar-refractivity contribution is 5.49. The molecule has 1 atom stereocenters. The van der Waals surface area contributed by atoms with Crippen molar-refractivity contribution in [2.45, 2.75) is 19.9 Å². The maximum atomic E-state index is 14.1. The second-order valence-electron chi connectivity index (χ2n) is 6.33. The molecule has 0 radical (unpaired) electrons. The summed E-state index contributed by atoms with van der Waals surface area (Å²) in [4.78, 5) is 4.43. The van der Waals surface area contributed by atoms with E-state index in [1.54, 1.807) is 6.07 Å². The van der Waals surface area contributed by atoms with Crippen LogP contribution in [0.15, 0.2) is 24.3 Å². The quantitative estimate of drug-likeness (QED) is 0.887. The monoisotopic (exact) mass is 265 g/mol. The summed E-state index contributed by atoms with van der Waals surface area (Å²) in [7, 11) is 2.11. The van der Waals surface area contributed by atoms with Crippen LogP contribution in [0, 0.1) is 11.2 Å². The van der Waals surface area contributed by atoms with Crippen LogP contribution in [-0.2, 0) is 0 Å². The van der Waals surface area contributed by atoms with Crippen molar-refractivity contribution >= 4 is 5.69 Å². The molecule has 1 aromatic rings. The molecule has 4 heteroatoms. The SMILES string of the molecule is CN1CC(CN)N(c2ccccc2F)CC(C)(C)C1. The lowest BCUT2D eigenvalue weighted by Gasteiger charge is -2.35. The third-order valence-electron chi connectivity index (χ3n) is 3.69. The molecule has 0 spiro atoms. The van der Waals surface area contributed by atoms with E-state index in [1.807, 2.05) is 12.1 Å². The minimum absolute atomic E-state index is 0.112. The van der Waals surface area contributed by atoms with Gasteiger partial charge in [-0.05, 0) is 24.6 Å². The fraction of sp³-hybridized carbons (Fsp3) is 0.600. The maximum absolute atomic E-state index is 14.1. The van der Waals surface area contributed by atoms with Crippen LogP contribution in [0.4, 0.5) is 10.1 Å². The summed E-state index contributed by atoms with van der Waals surface area (Å²) in [5.74, 6) is -0.165. The standard InChI is InChI=1S/C15H24FN3/c1-15(2)10-18(3)9-12(8-17)19(11-15)14-7-5-4-6-13(14)16/h4-7,12H,8-11,17H2,1-3H3. The highest BCUT2D eigenvalue weighted by Gasteiger charge is 2.33. The summed E-state index contributed by atoms with van der Waals surface area (Å²) in [6, 6.07) is 7.13. The topological polar surface area (TPSA) is 32.5 Å². The number of para-hydroxylation sites is 1. The first-order chi connectivity index (χ1) is 8.93. The number of benzene rings is 1. The number of hydrogen-bond acceptors (Lipinski definition) is 3. The van der Waals surface area contributed by atoms with Gasteiger partial charge in [-0.15, -0.1) is 0 Å². The van der Waals surface area contributed by atoms with E-state index >= 15 is 0 Å². The van der Waals surface area contributed by atoms with E-state index in [4.69, 9.17) is 5.73 Å². The van der Waals surface area contributed by atoms with Crippen molar-refractivity contribution in [1.29, 1.82) is 0 Å². The first-order valence-electron chi connectivity index (χ1n) is 6.83. The molecule has 0 aromatic heterocycles. The Balaban J connectivity index is 2.36. The second-order valence-corrected chi connectivity index (χ2v) is 6.33. The van der Waals surface area contributed by atoms with Gasteiger partial charge in [0.15, 0.2) is 0 Å². The average Bonchev–Trinajstić information content (AvgIpc) is 2.44. The lowest BCUT2D eigenvalue weighted by Crippen LogP contribution is -2.46. The van der Waals surface area contributed by atoms with Gasteiger partial charge >= 0.3 is 0 Å². The third kappa shape index (κ3) is 3.25. The smallest absolute Gasteiger partial charge is 0.146 e. The molecule has 1 unspecified atom stereocenters. The average molecular weight is 265 g/mol. The molecule has 1 heterocycles. The van der Waals surface area contributed by atoms with Crippen molar-refractivity contribution in [3.05, 3.63) is 30.1 Å². The van der Waals surface area contributed by atoms with Crippen molar-refractivity contribution in [2.24, 2.45) is 11.1 Å². The van der Waals surface area contributed by atoms with E-state index in [0.29, 0.717) is 12.2 Å². The van der Waals surface area contributed by atoms with Gasteiger partial charge in [-0.2, -0.15) is 0 Å². The highest BCUT2D eigenvalue weighted by atomic mass is 19.1. The number of anilines is 1. The van der Waals surface area contributed by atoms with Crippen LogP contribution in [-0.4, -0.2) is 44.2 Å². The van der Waals surface area contributed by atoms with Crippen molar-refractivity contribution in [2.75, 3.05) is 38.1 Å². The van der Waals surface area contributed by atoms with Crippen LogP contribution in [0.1, 0.15) is 13.8 Å². The number of halogens is 1. The molecular weight excluding hydrogens is 241 g/mol. The molecule has 1 fully saturated rings. The van der Waals surface area contributed by atoms with E-state index in [2.05, 4.69) is 30.7 Å². The van der Waals surface area contributed by atoms with Gasteiger partial charge in [0.05, 0.1) is 11.7 Å². The Morgan fingerprint density at radius 3 is 2.63 bits per heavy atom. The molecule has 19 heavy (non-hydrogen) atoms. The molecule has 1 aliphatic heterocycles. The molecule has 1 aromatic carbocycles. The maximum Gasteiger partial charge on any atom is 0.146 e. The lowest BCUT2D eigenvalue weighted by molar-refractivity contribution is 0.239. The van der Waals surface area contributed by atoms with Gasteiger partial charge < -0.3 is 15.5 Å². The van der Waals surface area contributed by atoms with Crippen molar-refractivity contribution in [3.8, 4) is 0 Å². The predicted molar refractivity (Wildman–Crippen MR) is 77.9 cm³/mol. The first-order valence-corrected chi connectivity index (χ1v) is 6.83. The van der Waals surface area contributed by atoms with Crippen molar-refractivity contribution in [3.63, 3.8) is 0 Å². The molecular formula is C15H24FN3. The molecule has 0 saturated carbocycles. The summed E-state index contributed by atoms with van der Waals surface area (Å²) < 4.78 is 14.1. The van der Waals surface area contributed by atoms with E-state index < -0.39 is 0 Å². The molecule has 2 rings (SSSR count). The van der Waals surface area contributed by atoms with Crippen LogP contribution >= 0.6 is 0 Å². The number of nitrogens with two attached hydrogens (primary N) is 1. The van der Waals surface area contributed by atoms with Crippen molar-refractivity contribution < 1.29 is 4.39 Å². The zero-order chi connectivity index (χ0) is 14.0. The molecule has 0 bridgehead atoms.